The highest BCUT2D eigenvalue weighted by Crippen LogP contribution is 2.17. The standard InChI is InChI=1S/C19H22N4O2/c1-2-22-10-11-23(14-19(22)25)16-8-9-17(20-13-16)21-18(24)12-15-6-4-3-5-7-15/h3-9,13H,2,10-12,14H2,1H3,(H,20,21,24). The van der Waals surface area contributed by atoms with Crippen LogP contribution in [0.15, 0.2) is 48.7 Å². The minimum Gasteiger partial charge on any atom is -0.359 e. The van der Waals surface area contributed by atoms with E-state index in [0.29, 0.717) is 18.8 Å². The molecule has 0 radical (unpaired) electrons. The third-order valence-electron chi connectivity index (χ3n) is 4.29. The minimum absolute atomic E-state index is 0.0989. The number of anilines is 2. The van der Waals surface area contributed by atoms with Crippen LogP contribution in [0.4, 0.5) is 11.5 Å². The van der Waals surface area contributed by atoms with Gasteiger partial charge in [0.1, 0.15) is 5.82 Å². The SMILES string of the molecule is CCN1CCN(c2ccc(NC(=O)Cc3ccccc3)nc2)CC1=O. The molecule has 0 saturated carbocycles. The number of aromatic nitrogens is 1. The molecule has 0 aliphatic carbocycles. The van der Waals surface area contributed by atoms with Gasteiger partial charge in [-0.05, 0) is 24.6 Å². The van der Waals surface area contributed by atoms with Crippen LogP contribution in [0.5, 0.6) is 0 Å². The number of hydrogen-bond donors (Lipinski definition) is 1. The predicted octanol–water partition coefficient (Wildman–Crippen LogP) is 1.93. The van der Waals surface area contributed by atoms with Crippen molar-refractivity contribution >= 4 is 23.3 Å². The molecule has 0 unspecified atom stereocenters. The molecule has 2 aromatic rings. The molecular weight excluding hydrogens is 316 g/mol. The van der Waals surface area contributed by atoms with Gasteiger partial charge in [-0.2, -0.15) is 0 Å². The summed E-state index contributed by atoms with van der Waals surface area (Å²) in [6.45, 7) is 4.63. The third kappa shape index (κ3) is 4.35. The van der Waals surface area contributed by atoms with Crippen LogP contribution >= 0.6 is 0 Å². The molecule has 1 aliphatic heterocycles. The van der Waals surface area contributed by atoms with Crippen LogP contribution in [0, 0.1) is 0 Å². The number of benzene rings is 1. The first-order valence-electron chi connectivity index (χ1n) is 8.48. The molecule has 0 spiro atoms. The summed E-state index contributed by atoms with van der Waals surface area (Å²) in [6, 6.07) is 13.2. The number of amides is 2. The van der Waals surface area contributed by atoms with Gasteiger partial charge in [-0.1, -0.05) is 30.3 Å². The number of likely N-dealkylation sites (N-methyl/N-ethyl adjacent to an activating group) is 1. The molecule has 6 heteroatoms. The minimum atomic E-state index is -0.0989. The molecule has 1 fully saturated rings. The quantitative estimate of drug-likeness (QED) is 0.905. The molecule has 1 aromatic carbocycles. The lowest BCUT2D eigenvalue weighted by atomic mass is 10.1. The lowest BCUT2D eigenvalue weighted by molar-refractivity contribution is -0.130. The lowest BCUT2D eigenvalue weighted by Crippen LogP contribution is -2.50. The first-order chi connectivity index (χ1) is 12.2. The molecule has 0 atom stereocenters. The number of rotatable bonds is 5. The van der Waals surface area contributed by atoms with Crippen LogP contribution in [0.25, 0.3) is 0 Å². The van der Waals surface area contributed by atoms with Crippen molar-refractivity contribution in [3.63, 3.8) is 0 Å². The van der Waals surface area contributed by atoms with E-state index in [1.807, 2.05) is 53.1 Å². The van der Waals surface area contributed by atoms with Gasteiger partial charge in [0.2, 0.25) is 11.8 Å². The average Bonchev–Trinajstić information content (AvgIpc) is 2.63. The van der Waals surface area contributed by atoms with Crippen molar-refractivity contribution in [1.82, 2.24) is 9.88 Å². The number of nitrogens with one attached hydrogen (secondary N) is 1. The van der Waals surface area contributed by atoms with Crippen molar-refractivity contribution in [2.24, 2.45) is 0 Å². The number of piperazine rings is 1. The first-order valence-corrected chi connectivity index (χ1v) is 8.48. The Morgan fingerprint density at radius 1 is 1.16 bits per heavy atom. The summed E-state index contributed by atoms with van der Waals surface area (Å²) in [5.41, 5.74) is 1.86. The fraction of sp³-hybridized carbons (Fsp3) is 0.316. The van der Waals surface area contributed by atoms with E-state index in [0.717, 1.165) is 30.9 Å². The molecule has 3 rings (SSSR count). The van der Waals surface area contributed by atoms with E-state index < -0.39 is 0 Å². The van der Waals surface area contributed by atoms with Crippen molar-refractivity contribution in [2.45, 2.75) is 13.3 Å². The molecule has 1 saturated heterocycles. The number of hydrogen-bond acceptors (Lipinski definition) is 4. The lowest BCUT2D eigenvalue weighted by Gasteiger charge is -2.34. The molecule has 2 amide bonds. The molecule has 0 bridgehead atoms. The summed E-state index contributed by atoms with van der Waals surface area (Å²) >= 11 is 0. The van der Waals surface area contributed by atoms with Gasteiger partial charge in [0.05, 0.1) is 24.8 Å². The maximum absolute atomic E-state index is 12.1. The summed E-state index contributed by atoms with van der Waals surface area (Å²) in [4.78, 5) is 32.2. The highest BCUT2D eigenvalue weighted by atomic mass is 16.2. The zero-order valence-corrected chi connectivity index (χ0v) is 14.3. The second-order valence-corrected chi connectivity index (χ2v) is 6.01. The van der Waals surface area contributed by atoms with Crippen molar-refractivity contribution < 1.29 is 9.59 Å². The highest BCUT2D eigenvalue weighted by Gasteiger charge is 2.22. The van der Waals surface area contributed by atoms with Crippen LogP contribution < -0.4 is 10.2 Å². The smallest absolute Gasteiger partial charge is 0.242 e. The van der Waals surface area contributed by atoms with E-state index in [9.17, 15) is 9.59 Å². The van der Waals surface area contributed by atoms with E-state index in [1.165, 1.54) is 0 Å². The van der Waals surface area contributed by atoms with Gasteiger partial charge in [-0.25, -0.2) is 4.98 Å². The Balaban J connectivity index is 1.57. The molecular formula is C19H22N4O2. The fourth-order valence-electron chi connectivity index (χ4n) is 2.88. The Labute approximate surface area is 147 Å². The summed E-state index contributed by atoms with van der Waals surface area (Å²) < 4.78 is 0. The summed E-state index contributed by atoms with van der Waals surface area (Å²) in [6.07, 6.45) is 2.02. The third-order valence-corrected chi connectivity index (χ3v) is 4.29. The second-order valence-electron chi connectivity index (χ2n) is 6.01. The number of pyridine rings is 1. The van der Waals surface area contributed by atoms with E-state index in [-0.39, 0.29) is 11.8 Å². The van der Waals surface area contributed by atoms with Crippen molar-refractivity contribution in [2.75, 3.05) is 36.4 Å². The normalized spacial score (nSPS) is 14.5. The van der Waals surface area contributed by atoms with Gasteiger partial charge in [0.15, 0.2) is 0 Å². The van der Waals surface area contributed by atoms with Gasteiger partial charge in [0.25, 0.3) is 0 Å². The summed E-state index contributed by atoms with van der Waals surface area (Å²) in [5, 5.41) is 2.80. The van der Waals surface area contributed by atoms with E-state index in [2.05, 4.69) is 10.3 Å². The number of nitrogens with zero attached hydrogens (tertiary/aromatic N) is 3. The zero-order chi connectivity index (χ0) is 17.6. The molecule has 1 aliphatic rings. The Hall–Kier alpha value is -2.89. The highest BCUT2D eigenvalue weighted by molar-refractivity contribution is 5.91. The Bertz CT molecular complexity index is 731. The molecule has 6 nitrogen and oxygen atoms in total. The van der Waals surface area contributed by atoms with Gasteiger partial charge in [-0.3, -0.25) is 9.59 Å². The van der Waals surface area contributed by atoms with Crippen LogP contribution in [-0.4, -0.2) is 47.9 Å². The predicted molar refractivity (Wildman–Crippen MR) is 97.5 cm³/mol. The van der Waals surface area contributed by atoms with E-state index in [1.54, 1.807) is 12.3 Å². The fourth-order valence-corrected chi connectivity index (χ4v) is 2.88. The molecule has 1 N–H and O–H groups in total. The van der Waals surface area contributed by atoms with E-state index >= 15 is 0 Å². The van der Waals surface area contributed by atoms with Gasteiger partial charge >= 0.3 is 0 Å². The van der Waals surface area contributed by atoms with Gasteiger partial charge in [0, 0.05) is 19.6 Å². The Morgan fingerprint density at radius 2 is 1.96 bits per heavy atom. The van der Waals surface area contributed by atoms with E-state index in [4.69, 9.17) is 0 Å². The monoisotopic (exact) mass is 338 g/mol. The van der Waals surface area contributed by atoms with Crippen LogP contribution in [0.1, 0.15) is 12.5 Å². The maximum atomic E-state index is 12.1. The van der Waals surface area contributed by atoms with Gasteiger partial charge < -0.3 is 15.1 Å². The molecule has 1 aromatic heterocycles. The van der Waals surface area contributed by atoms with Crippen LogP contribution in [0.2, 0.25) is 0 Å². The van der Waals surface area contributed by atoms with Crippen molar-refractivity contribution in [1.29, 1.82) is 0 Å². The topological polar surface area (TPSA) is 65.5 Å². The number of carbonyl (C=O) groups is 2. The van der Waals surface area contributed by atoms with Crippen LogP contribution in [0.3, 0.4) is 0 Å². The maximum Gasteiger partial charge on any atom is 0.242 e. The second kappa shape index (κ2) is 7.79. The average molecular weight is 338 g/mol. The van der Waals surface area contributed by atoms with Crippen LogP contribution in [-0.2, 0) is 16.0 Å². The molecule has 25 heavy (non-hydrogen) atoms. The largest absolute Gasteiger partial charge is 0.359 e. The summed E-state index contributed by atoms with van der Waals surface area (Å²) in [5.74, 6) is 0.551. The Kier molecular flexibility index (Phi) is 5.28. The summed E-state index contributed by atoms with van der Waals surface area (Å²) in [7, 11) is 0. The Morgan fingerprint density at radius 3 is 2.60 bits per heavy atom. The zero-order valence-electron chi connectivity index (χ0n) is 14.3. The van der Waals surface area contributed by atoms with Crippen molar-refractivity contribution in [3.05, 3.63) is 54.2 Å². The number of carbonyl (C=O) groups excluding carboxylic acids is 2. The van der Waals surface area contributed by atoms with Gasteiger partial charge in [-0.15, -0.1) is 0 Å². The molecule has 2 heterocycles. The first kappa shape index (κ1) is 17.0. The molecule has 130 valence electrons. The van der Waals surface area contributed by atoms with Crippen molar-refractivity contribution in [3.8, 4) is 0 Å².